The van der Waals surface area contributed by atoms with Crippen molar-refractivity contribution in [3.05, 3.63) is 18.2 Å². The van der Waals surface area contributed by atoms with Crippen LogP contribution in [-0.2, 0) is 4.57 Å². The number of nitrogens with one attached hydrogen (secondary N) is 1. The molecule has 0 aliphatic heterocycles. The van der Waals surface area contributed by atoms with Crippen LogP contribution in [0.1, 0.15) is 20.8 Å². The summed E-state index contributed by atoms with van der Waals surface area (Å²) in [6.45, 7) is 9.38. The molecular weight excluding hydrogens is 302 g/mol. The standard InChI is InChI=1S/C14H21F3NO2P/c1-13(2,3)9-18-11-7-6-10(21(4,5)19)8-12(11)20-14(15,16)17/h6-8,18H,9H2,1-5H3. The Bertz CT molecular complexity index is 544. The van der Waals surface area contributed by atoms with Crippen LogP contribution < -0.4 is 15.4 Å². The Balaban J connectivity index is 3.14. The van der Waals surface area contributed by atoms with Crippen molar-refractivity contribution in [2.24, 2.45) is 5.41 Å². The summed E-state index contributed by atoms with van der Waals surface area (Å²) in [6, 6.07) is 4.23. The van der Waals surface area contributed by atoms with Crippen LogP contribution in [0.25, 0.3) is 0 Å². The second-order valence-electron chi connectivity index (χ2n) is 6.49. The molecule has 1 N–H and O–H groups in total. The molecule has 0 saturated heterocycles. The number of halogens is 3. The second-order valence-corrected chi connectivity index (χ2v) is 9.71. The van der Waals surface area contributed by atoms with E-state index < -0.39 is 13.5 Å². The van der Waals surface area contributed by atoms with Gasteiger partial charge in [-0.2, -0.15) is 0 Å². The maximum absolute atomic E-state index is 12.5. The lowest BCUT2D eigenvalue weighted by molar-refractivity contribution is -0.274. The average molecular weight is 323 g/mol. The van der Waals surface area contributed by atoms with E-state index in [1.807, 2.05) is 20.8 Å². The van der Waals surface area contributed by atoms with E-state index in [0.29, 0.717) is 11.8 Å². The molecule has 0 aliphatic rings. The fourth-order valence-corrected chi connectivity index (χ4v) is 2.42. The Morgan fingerprint density at radius 1 is 1.19 bits per heavy atom. The van der Waals surface area contributed by atoms with E-state index in [9.17, 15) is 17.7 Å². The highest BCUT2D eigenvalue weighted by Gasteiger charge is 2.32. The molecule has 0 spiro atoms. The van der Waals surface area contributed by atoms with Gasteiger partial charge in [-0.05, 0) is 36.9 Å². The zero-order valence-corrected chi connectivity index (χ0v) is 13.7. The van der Waals surface area contributed by atoms with Crippen molar-refractivity contribution < 1.29 is 22.5 Å². The van der Waals surface area contributed by atoms with Crippen LogP contribution in [-0.4, -0.2) is 26.2 Å². The van der Waals surface area contributed by atoms with Crippen molar-refractivity contribution >= 4 is 18.1 Å². The summed E-state index contributed by atoms with van der Waals surface area (Å²) in [6.07, 6.45) is -4.79. The topological polar surface area (TPSA) is 38.3 Å². The molecule has 0 amide bonds. The number of anilines is 1. The van der Waals surface area contributed by atoms with Crippen LogP contribution in [0.4, 0.5) is 18.9 Å². The molecule has 1 aromatic rings. The number of hydrogen-bond donors (Lipinski definition) is 1. The van der Waals surface area contributed by atoms with Gasteiger partial charge < -0.3 is 14.6 Å². The summed E-state index contributed by atoms with van der Waals surface area (Å²) < 4.78 is 53.6. The van der Waals surface area contributed by atoms with Gasteiger partial charge in [-0.1, -0.05) is 20.8 Å². The number of alkyl halides is 3. The number of rotatable bonds is 4. The molecule has 0 heterocycles. The molecule has 0 aromatic heterocycles. The molecule has 3 nitrogen and oxygen atoms in total. The molecular formula is C14H21F3NO2P. The van der Waals surface area contributed by atoms with E-state index in [4.69, 9.17) is 0 Å². The molecule has 0 saturated carbocycles. The smallest absolute Gasteiger partial charge is 0.404 e. The molecule has 1 rings (SSSR count). The van der Waals surface area contributed by atoms with Crippen molar-refractivity contribution in [2.45, 2.75) is 27.1 Å². The molecule has 7 heteroatoms. The highest BCUT2D eigenvalue weighted by Crippen LogP contribution is 2.39. The summed E-state index contributed by atoms with van der Waals surface area (Å²) in [5.74, 6) is -0.354. The van der Waals surface area contributed by atoms with E-state index in [-0.39, 0.29) is 16.9 Å². The van der Waals surface area contributed by atoms with Crippen LogP contribution in [0.5, 0.6) is 5.75 Å². The molecule has 1 aromatic carbocycles. The molecule has 0 radical (unpaired) electrons. The minimum absolute atomic E-state index is 0.0982. The first kappa shape index (κ1) is 17.9. The summed E-state index contributed by atoms with van der Waals surface area (Å²) in [5, 5.41) is 3.29. The van der Waals surface area contributed by atoms with Crippen molar-refractivity contribution in [1.29, 1.82) is 0 Å². The zero-order valence-electron chi connectivity index (χ0n) is 12.8. The van der Waals surface area contributed by atoms with Crippen molar-refractivity contribution in [3.63, 3.8) is 0 Å². The third-order valence-corrected chi connectivity index (χ3v) is 4.14. The fraction of sp³-hybridized carbons (Fsp3) is 0.571. The van der Waals surface area contributed by atoms with E-state index in [2.05, 4.69) is 10.1 Å². The quantitative estimate of drug-likeness (QED) is 0.840. The van der Waals surface area contributed by atoms with Crippen LogP contribution in [0.2, 0.25) is 0 Å². The molecule has 0 aliphatic carbocycles. The monoisotopic (exact) mass is 323 g/mol. The third-order valence-electron chi connectivity index (χ3n) is 2.62. The van der Waals surface area contributed by atoms with E-state index in [1.165, 1.54) is 25.5 Å². The lowest BCUT2D eigenvalue weighted by atomic mass is 9.97. The Morgan fingerprint density at radius 3 is 2.19 bits per heavy atom. The molecule has 0 atom stereocenters. The molecule has 0 bridgehead atoms. The zero-order chi connectivity index (χ0) is 16.5. The third kappa shape index (κ3) is 6.42. The summed E-state index contributed by atoms with van der Waals surface area (Å²) in [4.78, 5) is 0. The van der Waals surface area contributed by atoms with Gasteiger partial charge in [0.25, 0.3) is 0 Å². The minimum atomic E-state index is -4.79. The predicted octanol–water partition coefficient (Wildman–Crippen LogP) is 4.29. The molecule has 120 valence electrons. The van der Waals surface area contributed by atoms with Crippen LogP contribution >= 0.6 is 7.14 Å². The predicted molar refractivity (Wildman–Crippen MR) is 80.2 cm³/mol. The van der Waals surface area contributed by atoms with Crippen LogP contribution in [0.15, 0.2) is 18.2 Å². The Kier molecular flexibility index (Phi) is 5.04. The van der Waals surface area contributed by atoms with Crippen LogP contribution in [0, 0.1) is 5.41 Å². The van der Waals surface area contributed by atoms with Gasteiger partial charge >= 0.3 is 6.36 Å². The molecule has 0 fully saturated rings. The minimum Gasteiger partial charge on any atom is -0.404 e. The lowest BCUT2D eigenvalue weighted by Gasteiger charge is -2.22. The van der Waals surface area contributed by atoms with Gasteiger partial charge in [0.1, 0.15) is 7.14 Å². The molecule has 0 unspecified atom stereocenters. The fourth-order valence-electron chi connectivity index (χ4n) is 1.56. The van der Waals surface area contributed by atoms with Gasteiger partial charge in [-0.15, -0.1) is 13.2 Å². The van der Waals surface area contributed by atoms with Crippen molar-refractivity contribution in [2.75, 3.05) is 25.2 Å². The highest BCUT2D eigenvalue weighted by atomic mass is 31.2. The van der Waals surface area contributed by atoms with Gasteiger partial charge in [0, 0.05) is 11.8 Å². The van der Waals surface area contributed by atoms with Crippen molar-refractivity contribution in [1.82, 2.24) is 0 Å². The van der Waals surface area contributed by atoms with Crippen molar-refractivity contribution in [3.8, 4) is 5.75 Å². The van der Waals surface area contributed by atoms with Crippen LogP contribution in [0.3, 0.4) is 0 Å². The number of hydrogen-bond acceptors (Lipinski definition) is 3. The Morgan fingerprint density at radius 2 is 1.76 bits per heavy atom. The largest absolute Gasteiger partial charge is 0.573 e. The van der Waals surface area contributed by atoms with E-state index in [1.54, 1.807) is 6.07 Å². The summed E-state index contributed by atoms with van der Waals surface area (Å²) in [5.41, 5.74) is 0.137. The maximum atomic E-state index is 12.5. The summed E-state index contributed by atoms with van der Waals surface area (Å²) in [7, 11) is -2.66. The first-order chi connectivity index (χ1) is 9.28. The van der Waals surface area contributed by atoms with Gasteiger partial charge in [0.05, 0.1) is 5.69 Å². The van der Waals surface area contributed by atoms with E-state index in [0.717, 1.165) is 0 Å². The Hall–Kier alpha value is -1.16. The number of benzene rings is 1. The normalized spacial score (nSPS) is 13.1. The number of ether oxygens (including phenoxy) is 1. The average Bonchev–Trinajstić information content (AvgIpc) is 2.22. The Labute approximate surface area is 123 Å². The first-order valence-corrected chi connectivity index (χ1v) is 9.07. The first-order valence-electron chi connectivity index (χ1n) is 6.47. The van der Waals surface area contributed by atoms with E-state index >= 15 is 0 Å². The molecule has 21 heavy (non-hydrogen) atoms. The van der Waals surface area contributed by atoms with Gasteiger partial charge in [-0.3, -0.25) is 0 Å². The highest BCUT2D eigenvalue weighted by molar-refractivity contribution is 7.70. The maximum Gasteiger partial charge on any atom is 0.573 e. The van der Waals surface area contributed by atoms with Gasteiger partial charge in [0.2, 0.25) is 0 Å². The second kappa shape index (κ2) is 5.91. The lowest BCUT2D eigenvalue weighted by Crippen LogP contribution is -2.22. The van der Waals surface area contributed by atoms with Gasteiger partial charge in [-0.25, -0.2) is 0 Å². The van der Waals surface area contributed by atoms with Gasteiger partial charge in [0.15, 0.2) is 5.75 Å². The summed E-state index contributed by atoms with van der Waals surface area (Å²) >= 11 is 0. The SMILES string of the molecule is CC(C)(C)CNc1ccc(P(C)(C)=O)cc1OC(F)(F)F.